The molecule has 1 saturated heterocycles. The number of benzene rings is 1. The summed E-state index contributed by atoms with van der Waals surface area (Å²) >= 11 is 0. The van der Waals surface area contributed by atoms with Crippen molar-refractivity contribution in [3.05, 3.63) is 18.2 Å². The highest BCUT2D eigenvalue weighted by Crippen LogP contribution is 2.31. The maximum absolute atomic E-state index is 12.9. The predicted octanol–water partition coefficient (Wildman–Crippen LogP) is 1.81. The Hall–Kier alpha value is -2.33. The van der Waals surface area contributed by atoms with Gasteiger partial charge in [0.25, 0.3) is 0 Å². The first kappa shape index (κ1) is 21.0. The Bertz CT molecular complexity index is 790. The second-order valence-electron chi connectivity index (χ2n) is 6.20. The zero-order valence-electron chi connectivity index (χ0n) is 15.5. The average Bonchev–Trinajstić information content (AvgIpc) is 3.16. The van der Waals surface area contributed by atoms with Gasteiger partial charge in [0.1, 0.15) is 10.6 Å². The number of sulfonamides is 1. The first-order valence-electron chi connectivity index (χ1n) is 8.76. The minimum atomic E-state index is -3.73. The summed E-state index contributed by atoms with van der Waals surface area (Å²) in [5.41, 5.74) is 0.295. The molecule has 1 heterocycles. The van der Waals surface area contributed by atoms with Crippen LogP contribution in [0.5, 0.6) is 5.75 Å². The smallest absolute Gasteiger partial charge is 0.321 e. The van der Waals surface area contributed by atoms with Gasteiger partial charge in [-0.25, -0.2) is 13.2 Å². The zero-order valence-corrected chi connectivity index (χ0v) is 16.3. The van der Waals surface area contributed by atoms with Crippen LogP contribution in [0.1, 0.15) is 26.2 Å². The number of carboxylic acid groups (broad SMARTS) is 1. The van der Waals surface area contributed by atoms with Crippen LogP contribution in [0.3, 0.4) is 0 Å². The molecule has 0 radical (unpaired) electrons. The van der Waals surface area contributed by atoms with Gasteiger partial charge in [-0.1, -0.05) is 0 Å². The van der Waals surface area contributed by atoms with Gasteiger partial charge in [0.15, 0.2) is 0 Å². The molecule has 2 amide bonds. The first-order chi connectivity index (χ1) is 12.8. The molecule has 0 atom stereocenters. The molecule has 1 aromatic rings. The van der Waals surface area contributed by atoms with E-state index in [2.05, 4.69) is 5.32 Å². The molecule has 2 rings (SSSR count). The molecule has 0 bridgehead atoms. The van der Waals surface area contributed by atoms with Crippen LogP contribution in [0.4, 0.5) is 10.5 Å². The molecule has 10 heteroatoms. The monoisotopic (exact) mass is 399 g/mol. The van der Waals surface area contributed by atoms with E-state index in [0.29, 0.717) is 25.4 Å². The number of amides is 2. The van der Waals surface area contributed by atoms with E-state index in [4.69, 9.17) is 9.84 Å². The number of urea groups is 1. The van der Waals surface area contributed by atoms with Crippen molar-refractivity contribution in [1.82, 2.24) is 9.21 Å². The van der Waals surface area contributed by atoms with Gasteiger partial charge in [-0.05, 0) is 38.0 Å². The van der Waals surface area contributed by atoms with Crippen LogP contribution in [0.2, 0.25) is 0 Å². The fourth-order valence-corrected chi connectivity index (χ4v) is 4.39. The van der Waals surface area contributed by atoms with E-state index in [9.17, 15) is 18.0 Å². The summed E-state index contributed by atoms with van der Waals surface area (Å²) in [7, 11) is -2.26. The van der Waals surface area contributed by atoms with Crippen molar-refractivity contribution >= 4 is 27.7 Å². The molecule has 1 aromatic carbocycles. The molecule has 9 nitrogen and oxygen atoms in total. The summed E-state index contributed by atoms with van der Waals surface area (Å²) < 4.78 is 32.7. The number of nitrogens with zero attached hydrogens (tertiary/aromatic N) is 2. The normalized spacial score (nSPS) is 14.7. The predicted molar refractivity (Wildman–Crippen MR) is 99.5 cm³/mol. The second-order valence-corrected chi connectivity index (χ2v) is 8.11. The maximum atomic E-state index is 12.9. The van der Waals surface area contributed by atoms with Crippen molar-refractivity contribution in [3.8, 4) is 5.75 Å². The summed E-state index contributed by atoms with van der Waals surface area (Å²) in [5.74, 6) is -0.767. The molecule has 0 spiro atoms. The fourth-order valence-electron chi connectivity index (χ4n) is 2.71. The van der Waals surface area contributed by atoms with Crippen molar-refractivity contribution < 1.29 is 27.9 Å². The average molecular weight is 399 g/mol. The van der Waals surface area contributed by atoms with E-state index in [1.165, 1.54) is 28.4 Å². The van der Waals surface area contributed by atoms with Crippen LogP contribution in [0, 0.1) is 0 Å². The molecule has 0 saturated carbocycles. The van der Waals surface area contributed by atoms with Gasteiger partial charge >= 0.3 is 12.0 Å². The highest BCUT2D eigenvalue weighted by atomic mass is 32.2. The van der Waals surface area contributed by atoms with Crippen LogP contribution in [0.15, 0.2) is 23.1 Å². The van der Waals surface area contributed by atoms with Gasteiger partial charge < -0.3 is 20.1 Å². The van der Waals surface area contributed by atoms with E-state index in [-0.39, 0.29) is 23.6 Å². The standard InChI is InChI=1S/C17H25N3O6S/c1-3-26-14-7-6-13(18-17(23)19(2)11-8-16(21)22)12-15(14)27(24,25)20-9-4-5-10-20/h6-7,12H,3-5,8-11H2,1-2H3,(H,18,23)(H,21,22). The lowest BCUT2D eigenvalue weighted by atomic mass is 10.3. The molecule has 27 heavy (non-hydrogen) atoms. The summed E-state index contributed by atoms with van der Waals surface area (Å²) in [4.78, 5) is 24.0. The number of carboxylic acids is 1. The highest BCUT2D eigenvalue weighted by Gasteiger charge is 2.30. The molecule has 150 valence electrons. The number of anilines is 1. The second kappa shape index (κ2) is 9.05. The van der Waals surface area contributed by atoms with Crippen molar-refractivity contribution in [3.63, 3.8) is 0 Å². The number of hydrogen-bond acceptors (Lipinski definition) is 5. The third kappa shape index (κ3) is 5.33. The Kier molecular flexibility index (Phi) is 7.03. The van der Waals surface area contributed by atoms with Crippen LogP contribution < -0.4 is 10.1 Å². The quantitative estimate of drug-likeness (QED) is 0.689. The topological polar surface area (TPSA) is 116 Å². The number of aliphatic carboxylic acids is 1. The molecule has 0 unspecified atom stereocenters. The maximum Gasteiger partial charge on any atom is 0.321 e. The third-order valence-corrected chi connectivity index (χ3v) is 6.11. The Morgan fingerprint density at radius 3 is 2.56 bits per heavy atom. The lowest BCUT2D eigenvalue weighted by Gasteiger charge is -2.20. The first-order valence-corrected chi connectivity index (χ1v) is 10.2. The van der Waals surface area contributed by atoms with Gasteiger partial charge in [0.2, 0.25) is 10.0 Å². The summed E-state index contributed by atoms with van der Waals surface area (Å²) in [6.07, 6.45) is 1.45. The Morgan fingerprint density at radius 1 is 1.30 bits per heavy atom. The van der Waals surface area contributed by atoms with E-state index >= 15 is 0 Å². The van der Waals surface area contributed by atoms with E-state index in [0.717, 1.165) is 12.8 Å². The number of rotatable bonds is 8. The molecule has 1 aliphatic heterocycles. The van der Waals surface area contributed by atoms with Crippen LogP contribution in [-0.2, 0) is 14.8 Å². The Balaban J connectivity index is 2.24. The van der Waals surface area contributed by atoms with Crippen molar-refractivity contribution in [2.75, 3.05) is 38.6 Å². The molecule has 0 aromatic heterocycles. The minimum absolute atomic E-state index is 0.0113. The Labute approximate surface area is 159 Å². The number of nitrogens with one attached hydrogen (secondary N) is 1. The number of carbonyl (C=O) groups excluding carboxylic acids is 1. The van der Waals surface area contributed by atoms with Crippen molar-refractivity contribution in [2.24, 2.45) is 0 Å². The molecule has 2 N–H and O–H groups in total. The molecule has 0 aliphatic carbocycles. The summed E-state index contributed by atoms with van der Waals surface area (Å²) in [6, 6.07) is 3.92. The molecular formula is C17H25N3O6S. The van der Waals surface area contributed by atoms with E-state index in [1.807, 2.05) is 0 Å². The molecule has 1 fully saturated rings. The van der Waals surface area contributed by atoms with Crippen molar-refractivity contribution in [2.45, 2.75) is 31.1 Å². The molecular weight excluding hydrogens is 374 g/mol. The number of hydrogen-bond donors (Lipinski definition) is 2. The van der Waals surface area contributed by atoms with Crippen molar-refractivity contribution in [1.29, 1.82) is 0 Å². The van der Waals surface area contributed by atoms with E-state index in [1.54, 1.807) is 13.0 Å². The highest BCUT2D eigenvalue weighted by molar-refractivity contribution is 7.89. The minimum Gasteiger partial charge on any atom is -0.492 e. The van der Waals surface area contributed by atoms with Gasteiger partial charge in [-0.3, -0.25) is 4.79 Å². The Morgan fingerprint density at radius 2 is 1.96 bits per heavy atom. The van der Waals surface area contributed by atoms with Crippen LogP contribution >= 0.6 is 0 Å². The van der Waals surface area contributed by atoms with E-state index < -0.39 is 22.0 Å². The summed E-state index contributed by atoms with van der Waals surface area (Å²) in [6.45, 7) is 3.04. The lowest BCUT2D eigenvalue weighted by molar-refractivity contribution is -0.137. The van der Waals surface area contributed by atoms with Gasteiger partial charge in [0, 0.05) is 32.4 Å². The van der Waals surface area contributed by atoms with Gasteiger partial charge in [-0.15, -0.1) is 0 Å². The number of ether oxygens (including phenoxy) is 1. The SMILES string of the molecule is CCOc1ccc(NC(=O)N(C)CCC(=O)O)cc1S(=O)(=O)N1CCCC1. The zero-order chi connectivity index (χ0) is 20.0. The molecule has 1 aliphatic rings. The van der Waals surface area contributed by atoms with Crippen LogP contribution in [-0.4, -0.2) is 68.0 Å². The van der Waals surface area contributed by atoms with Crippen LogP contribution in [0.25, 0.3) is 0 Å². The third-order valence-electron chi connectivity index (χ3n) is 4.19. The largest absolute Gasteiger partial charge is 0.492 e. The number of carbonyl (C=O) groups is 2. The lowest BCUT2D eigenvalue weighted by Crippen LogP contribution is -2.33. The van der Waals surface area contributed by atoms with Gasteiger partial charge in [-0.2, -0.15) is 4.31 Å². The van der Waals surface area contributed by atoms with Gasteiger partial charge in [0.05, 0.1) is 13.0 Å². The fraction of sp³-hybridized carbons (Fsp3) is 0.529. The summed E-state index contributed by atoms with van der Waals surface area (Å²) in [5, 5.41) is 11.3.